The molecule has 1 fully saturated rings. The van der Waals surface area contributed by atoms with E-state index < -0.39 is 0 Å². The van der Waals surface area contributed by atoms with Crippen LogP contribution in [0.3, 0.4) is 0 Å². The predicted octanol–water partition coefficient (Wildman–Crippen LogP) is 3.54. The van der Waals surface area contributed by atoms with Crippen LogP contribution in [-0.2, 0) is 6.42 Å². The fourth-order valence-electron chi connectivity index (χ4n) is 2.21. The summed E-state index contributed by atoms with van der Waals surface area (Å²) in [6.45, 7) is 0. The first-order chi connectivity index (χ1) is 7.65. The predicted molar refractivity (Wildman–Crippen MR) is 65.0 cm³/mol. The zero-order valence-corrected chi connectivity index (χ0v) is 10.0. The highest BCUT2D eigenvalue weighted by atomic mass is 35.5. The third-order valence-corrected chi connectivity index (χ3v) is 3.65. The van der Waals surface area contributed by atoms with Crippen molar-refractivity contribution >= 4 is 11.6 Å². The van der Waals surface area contributed by atoms with Gasteiger partial charge in [-0.2, -0.15) is 0 Å². The van der Waals surface area contributed by atoms with E-state index in [9.17, 15) is 4.39 Å². The smallest absolute Gasteiger partial charge is 0.142 e. The van der Waals surface area contributed by atoms with E-state index in [2.05, 4.69) is 0 Å². The van der Waals surface area contributed by atoms with Crippen molar-refractivity contribution in [2.24, 2.45) is 11.7 Å². The summed E-state index contributed by atoms with van der Waals surface area (Å²) >= 11 is 5.63. The summed E-state index contributed by atoms with van der Waals surface area (Å²) in [6, 6.07) is 5.09. The molecule has 0 radical (unpaired) electrons. The van der Waals surface area contributed by atoms with Crippen molar-refractivity contribution in [1.82, 2.24) is 0 Å². The highest BCUT2D eigenvalue weighted by Gasteiger charge is 2.20. The standard InChI is InChI=1S/C13H17ClFN/c14-12-5-4-10(8-13(12)15)7-11(16)6-9-2-1-3-9/h4-5,8-9,11H,1-3,6-7,16H2. The molecular weight excluding hydrogens is 225 g/mol. The summed E-state index contributed by atoms with van der Waals surface area (Å²) < 4.78 is 13.2. The van der Waals surface area contributed by atoms with E-state index in [0.29, 0.717) is 0 Å². The summed E-state index contributed by atoms with van der Waals surface area (Å²) in [4.78, 5) is 0. The molecule has 2 N–H and O–H groups in total. The van der Waals surface area contributed by atoms with Gasteiger partial charge in [-0.25, -0.2) is 4.39 Å². The van der Waals surface area contributed by atoms with Crippen LogP contribution in [0.5, 0.6) is 0 Å². The van der Waals surface area contributed by atoms with Gasteiger partial charge in [-0.15, -0.1) is 0 Å². The van der Waals surface area contributed by atoms with Gasteiger partial charge in [-0.3, -0.25) is 0 Å². The number of benzene rings is 1. The van der Waals surface area contributed by atoms with Crippen LogP contribution in [0.2, 0.25) is 5.02 Å². The normalized spacial score (nSPS) is 18.2. The van der Waals surface area contributed by atoms with Crippen molar-refractivity contribution in [3.05, 3.63) is 34.6 Å². The molecule has 1 aliphatic carbocycles. The van der Waals surface area contributed by atoms with Gasteiger partial charge in [0.25, 0.3) is 0 Å². The number of halogens is 2. The second kappa shape index (κ2) is 5.15. The van der Waals surface area contributed by atoms with Crippen LogP contribution in [-0.4, -0.2) is 6.04 Å². The van der Waals surface area contributed by atoms with E-state index >= 15 is 0 Å². The Kier molecular flexibility index (Phi) is 3.82. The molecule has 0 amide bonds. The molecule has 16 heavy (non-hydrogen) atoms. The van der Waals surface area contributed by atoms with Crippen molar-refractivity contribution < 1.29 is 4.39 Å². The second-order valence-electron chi connectivity index (χ2n) is 4.75. The van der Waals surface area contributed by atoms with Gasteiger partial charge in [0.2, 0.25) is 0 Å². The average molecular weight is 242 g/mol. The van der Waals surface area contributed by atoms with E-state index in [0.717, 1.165) is 24.3 Å². The Morgan fingerprint density at radius 2 is 2.19 bits per heavy atom. The molecule has 88 valence electrons. The molecule has 0 saturated heterocycles. The summed E-state index contributed by atoms with van der Waals surface area (Å²) in [5.74, 6) is 0.446. The van der Waals surface area contributed by atoms with Gasteiger partial charge < -0.3 is 5.73 Å². The number of hydrogen-bond donors (Lipinski definition) is 1. The maximum atomic E-state index is 13.2. The third-order valence-electron chi connectivity index (χ3n) is 3.34. The fraction of sp³-hybridized carbons (Fsp3) is 0.538. The molecule has 1 saturated carbocycles. The first-order valence-electron chi connectivity index (χ1n) is 5.84. The largest absolute Gasteiger partial charge is 0.327 e. The molecule has 1 unspecified atom stereocenters. The topological polar surface area (TPSA) is 26.0 Å². The Morgan fingerprint density at radius 1 is 1.44 bits per heavy atom. The van der Waals surface area contributed by atoms with Crippen molar-refractivity contribution in [3.63, 3.8) is 0 Å². The lowest BCUT2D eigenvalue weighted by Gasteiger charge is -2.28. The molecule has 0 bridgehead atoms. The minimum atomic E-state index is -0.352. The maximum absolute atomic E-state index is 13.2. The highest BCUT2D eigenvalue weighted by molar-refractivity contribution is 6.30. The SMILES string of the molecule is NC(Cc1ccc(Cl)c(F)c1)CC1CCC1. The zero-order chi connectivity index (χ0) is 11.5. The van der Waals surface area contributed by atoms with Gasteiger partial charge in [-0.05, 0) is 36.5 Å². The molecule has 1 nitrogen and oxygen atoms in total. The molecular formula is C13H17ClFN. The average Bonchev–Trinajstić information content (AvgIpc) is 2.18. The molecule has 0 aromatic heterocycles. The van der Waals surface area contributed by atoms with Gasteiger partial charge in [0.05, 0.1) is 5.02 Å². The zero-order valence-electron chi connectivity index (χ0n) is 9.26. The molecule has 0 aliphatic heterocycles. The van der Waals surface area contributed by atoms with Gasteiger partial charge in [0.1, 0.15) is 5.82 Å². The lowest BCUT2D eigenvalue weighted by Crippen LogP contribution is -2.28. The molecule has 1 aromatic rings. The Morgan fingerprint density at radius 3 is 2.75 bits per heavy atom. The molecule has 0 spiro atoms. The fourth-order valence-corrected chi connectivity index (χ4v) is 2.33. The minimum absolute atomic E-state index is 0.144. The first kappa shape index (κ1) is 11.9. The van der Waals surface area contributed by atoms with E-state index in [-0.39, 0.29) is 16.9 Å². The summed E-state index contributed by atoms with van der Waals surface area (Å²) in [5.41, 5.74) is 6.99. The number of rotatable bonds is 4. The summed E-state index contributed by atoms with van der Waals surface area (Å²) in [6.07, 6.45) is 5.76. The minimum Gasteiger partial charge on any atom is -0.327 e. The molecule has 3 heteroatoms. The third kappa shape index (κ3) is 2.96. The summed E-state index contributed by atoms with van der Waals surface area (Å²) in [7, 11) is 0. The Hall–Kier alpha value is -0.600. The van der Waals surface area contributed by atoms with Gasteiger partial charge >= 0.3 is 0 Å². The van der Waals surface area contributed by atoms with Crippen LogP contribution in [0.25, 0.3) is 0 Å². The van der Waals surface area contributed by atoms with E-state index in [1.165, 1.54) is 25.3 Å². The second-order valence-corrected chi connectivity index (χ2v) is 5.15. The number of nitrogens with two attached hydrogens (primary N) is 1. The molecule has 1 aromatic carbocycles. The Bertz CT molecular complexity index is 363. The van der Waals surface area contributed by atoms with E-state index in [1.54, 1.807) is 6.07 Å². The summed E-state index contributed by atoms with van der Waals surface area (Å²) in [5, 5.41) is 0.177. The van der Waals surface area contributed by atoms with Crippen LogP contribution in [0.1, 0.15) is 31.2 Å². The van der Waals surface area contributed by atoms with Gasteiger partial charge in [-0.1, -0.05) is 36.9 Å². The lowest BCUT2D eigenvalue weighted by atomic mass is 9.80. The quantitative estimate of drug-likeness (QED) is 0.857. The monoisotopic (exact) mass is 241 g/mol. The molecule has 2 rings (SSSR count). The highest BCUT2D eigenvalue weighted by Crippen LogP contribution is 2.30. The van der Waals surface area contributed by atoms with Crippen molar-refractivity contribution in [2.45, 2.75) is 38.1 Å². The molecule has 1 aliphatic rings. The van der Waals surface area contributed by atoms with Crippen molar-refractivity contribution in [1.29, 1.82) is 0 Å². The van der Waals surface area contributed by atoms with Crippen molar-refractivity contribution in [3.8, 4) is 0 Å². The maximum Gasteiger partial charge on any atom is 0.142 e. The Labute approximate surface area is 101 Å². The Balaban J connectivity index is 1.89. The molecule has 0 heterocycles. The van der Waals surface area contributed by atoms with E-state index in [1.807, 2.05) is 6.07 Å². The van der Waals surface area contributed by atoms with Crippen LogP contribution in [0.15, 0.2) is 18.2 Å². The van der Waals surface area contributed by atoms with Crippen molar-refractivity contribution in [2.75, 3.05) is 0 Å². The van der Waals surface area contributed by atoms with Gasteiger partial charge in [0.15, 0.2) is 0 Å². The lowest BCUT2D eigenvalue weighted by molar-refractivity contribution is 0.275. The number of hydrogen-bond acceptors (Lipinski definition) is 1. The van der Waals surface area contributed by atoms with E-state index in [4.69, 9.17) is 17.3 Å². The van der Waals surface area contributed by atoms with Crippen LogP contribution in [0, 0.1) is 11.7 Å². The van der Waals surface area contributed by atoms with Crippen LogP contribution >= 0.6 is 11.6 Å². The molecule has 1 atom stereocenters. The van der Waals surface area contributed by atoms with Crippen LogP contribution < -0.4 is 5.73 Å². The van der Waals surface area contributed by atoms with Crippen LogP contribution in [0.4, 0.5) is 4.39 Å². The first-order valence-corrected chi connectivity index (χ1v) is 6.22. The van der Waals surface area contributed by atoms with Gasteiger partial charge in [0, 0.05) is 6.04 Å².